The summed E-state index contributed by atoms with van der Waals surface area (Å²) in [6.07, 6.45) is 3.08. The molecule has 0 aliphatic rings. The van der Waals surface area contributed by atoms with Crippen molar-refractivity contribution in [2.45, 2.75) is 30.7 Å². The van der Waals surface area contributed by atoms with Gasteiger partial charge in [-0.15, -0.1) is 0 Å². The van der Waals surface area contributed by atoms with Crippen molar-refractivity contribution in [2.24, 2.45) is 0 Å². The molecule has 1 aromatic rings. The second kappa shape index (κ2) is 7.53. The summed E-state index contributed by atoms with van der Waals surface area (Å²) in [5, 5.41) is 8.57. The van der Waals surface area contributed by atoms with Crippen molar-refractivity contribution >= 4 is 21.8 Å². The van der Waals surface area contributed by atoms with Crippen LogP contribution in [0.5, 0.6) is 0 Å². The highest BCUT2D eigenvalue weighted by Crippen LogP contribution is 2.12. The summed E-state index contributed by atoms with van der Waals surface area (Å²) in [4.78, 5) is 0.241. The van der Waals surface area contributed by atoms with E-state index >= 15 is 0 Å². The van der Waals surface area contributed by atoms with E-state index in [1.165, 1.54) is 12.1 Å². The lowest BCUT2D eigenvalue weighted by Gasteiger charge is -2.13. The third-order valence-electron chi connectivity index (χ3n) is 2.63. The molecule has 0 amide bonds. The number of nitriles is 1. The normalized spacial score (nSPS) is 12.9. The number of nitrogens with one attached hydrogen (secondary N) is 1. The van der Waals surface area contributed by atoms with E-state index in [0.717, 1.165) is 17.7 Å². The van der Waals surface area contributed by atoms with Crippen LogP contribution in [0.3, 0.4) is 0 Å². The van der Waals surface area contributed by atoms with E-state index in [1.54, 1.807) is 23.9 Å². The summed E-state index contributed by atoms with van der Waals surface area (Å²) in [7, 11) is -3.46. The molecule has 0 radical (unpaired) electrons. The molecule has 1 unspecified atom stereocenters. The van der Waals surface area contributed by atoms with Crippen LogP contribution < -0.4 is 4.72 Å². The van der Waals surface area contributed by atoms with Gasteiger partial charge in [0.2, 0.25) is 10.0 Å². The second-order valence-electron chi connectivity index (χ2n) is 4.28. The van der Waals surface area contributed by atoms with Crippen molar-refractivity contribution in [3.8, 4) is 6.07 Å². The zero-order valence-electron chi connectivity index (χ0n) is 11.1. The van der Waals surface area contributed by atoms with Crippen LogP contribution in [-0.4, -0.2) is 26.5 Å². The minimum Gasteiger partial charge on any atom is -0.208 e. The van der Waals surface area contributed by atoms with Crippen LogP contribution in [-0.2, 0) is 16.4 Å². The third-order valence-corrected chi connectivity index (χ3v) is 4.88. The zero-order valence-corrected chi connectivity index (χ0v) is 12.7. The van der Waals surface area contributed by atoms with Crippen molar-refractivity contribution in [3.63, 3.8) is 0 Å². The molecule has 19 heavy (non-hydrogen) atoms. The first-order chi connectivity index (χ1) is 8.99. The molecule has 0 aliphatic carbocycles. The molecule has 0 heterocycles. The predicted octanol–water partition coefficient (Wildman–Crippen LogP) is 2.17. The summed E-state index contributed by atoms with van der Waals surface area (Å²) in [6, 6.07) is 8.36. The van der Waals surface area contributed by atoms with Crippen LogP contribution in [0.15, 0.2) is 29.2 Å². The van der Waals surface area contributed by atoms with Crippen molar-refractivity contribution in [1.29, 1.82) is 5.26 Å². The van der Waals surface area contributed by atoms with Gasteiger partial charge >= 0.3 is 0 Å². The lowest BCUT2D eigenvalue weighted by Crippen LogP contribution is -2.32. The molecule has 0 aliphatic heterocycles. The Hall–Kier alpha value is -1.03. The Labute approximate surface area is 119 Å². The Bertz CT molecular complexity index is 533. The molecule has 1 N–H and O–H groups in total. The van der Waals surface area contributed by atoms with Gasteiger partial charge in [0.25, 0.3) is 0 Å². The summed E-state index contributed by atoms with van der Waals surface area (Å²) in [5.41, 5.74) is 0.817. The van der Waals surface area contributed by atoms with E-state index in [9.17, 15) is 8.42 Å². The van der Waals surface area contributed by atoms with Crippen molar-refractivity contribution in [3.05, 3.63) is 29.8 Å². The molecule has 1 aromatic carbocycles. The molecule has 0 spiro atoms. The highest BCUT2D eigenvalue weighted by Gasteiger charge is 2.16. The first kappa shape index (κ1) is 16.0. The van der Waals surface area contributed by atoms with Crippen LogP contribution in [0.4, 0.5) is 0 Å². The van der Waals surface area contributed by atoms with E-state index in [0.29, 0.717) is 0 Å². The molecular formula is C13H18N2O2S2. The SMILES string of the molecule is CSCCC(C)NS(=O)(=O)c1ccc(CC#N)cc1. The van der Waals surface area contributed by atoms with Gasteiger partial charge in [0.1, 0.15) is 0 Å². The number of benzene rings is 1. The highest BCUT2D eigenvalue weighted by molar-refractivity contribution is 7.98. The fourth-order valence-electron chi connectivity index (χ4n) is 1.56. The molecule has 4 nitrogen and oxygen atoms in total. The molecule has 0 bridgehead atoms. The first-order valence-corrected chi connectivity index (χ1v) is 8.84. The molecular weight excluding hydrogens is 280 g/mol. The van der Waals surface area contributed by atoms with Crippen LogP contribution in [0.1, 0.15) is 18.9 Å². The Morgan fingerprint density at radius 3 is 2.53 bits per heavy atom. The first-order valence-electron chi connectivity index (χ1n) is 5.96. The number of hydrogen-bond donors (Lipinski definition) is 1. The molecule has 104 valence electrons. The highest BCUT2D eigenvalue weighted by atomic mass is 32.2. The Morgan fingerprint density at radius 2 is 2.00 bits per heavy atom. The summed E-state index contributed by atoms with van der Waals surface area (Å²) in [6.45, 7) is 1.86. The van der Waals surface area contributed by atoms with Gasteiger partial charge in [0, 0.05) is 6.04 Å². The van der Waals surface area contributed by atoms with E-state index < -0.39 is 10.0 Å². The molecule has 0 saturated heterocycles. The molecule has 1 rings (SSSR count). The van der Waals surface area contributed by atoms with Gasteiger partial charge in [0.15, 0.2) is 0 Å². The standard InChI is InChI=1S/C13H18N2O2S2/c1-11(8-10-18-2)15-19(16,17)13-5-3-12(4-6-13)7-9-14/h3-6,11,15H,7-8,10H2,1-2H3. The minimum atomic E-state index is -3.46. The van der Waals surface area contributed by atoms with Crippen LogP contribution in [0.25, 0.3) is 0 Å². The van der Waals surface area contributed by atoms with Gasteiger partial charge in [0.05, 0.1) is 17.4 Å². The predicted molar refractivity (Wildman–Crippen MR) is 78.5 cm³/mol. The number of rotatable bonds is 7. The Morgan fingerprint density at radius 1 is 1.37 bits per heavy atom. The third kappa shape index (κ3) is 5.23. The molecule has 0 saturated carbocycles. The Kier molecular flexibility index (Phi) is 6.35. The average Bonchev–Trinajstić information content (AvgIpc) is 2.37. The monoisotopic (exact) mass is 298 g/mol. The van der Waals surface area contributed by atoms with Crippen molar-refractivity contribution in [2.75, 3.05) is 12.0 Å². The summed E-state index contributed by atoms with van der Waals surface area (Å²) in [5.74, 6) is 0.921. The fraction of sp³-hybridized carbons (Fsp3) is 0.462. The summed E-state index contributed by atoms with van der Waals surface area (Å²) < 4.78 is 26.8. The maximum Gasteiger partial charge on any atom is 0.240 e. The lowest BCUT2D eigenvalue weighted by molar-refractivity contribution is 0.557. The van der Waals surface area contributed by atoms with Gasteiger partial charge in [-0.3, -0.25) is 0 Å². The van der Waals surface area contributed by atoms with Gasteiger partial charge < -0.3 is 0 Å². The largest absolute Gasteiger partial charge is 0.240 e. The number of thioether (sulfide) groups is 1. The molecule has 0 fully saturated rings. The van der Waals surface area contributed by atoms with Crippen LogP contribution in [0, 0.1) is 11.3 Å². The number of hydrogen-bond acceptors (Lipinski definition) is 4. The van der Waals surface area contributed by atoms with Gasteiger partial charge in [-0.25, -0.2) is 13.1 Å². The minimum absolute atomic E-state index is 0.0868. The van der Waals surface area contributed by atoms with Gasteiger partial charge in [-0.1, -0.05) is 12.1 Å². The van der Waals surface area contributed by atoms with Crippen LogP contribution in [0.2, 0.25) is 0 Å². The zero-order chi connectivity index (χ0) is 14.3. The Balaban J connectivity index is 2.74. The fourth-order valence-corrected chi connectivity index (χ4v) is 3.43. The van der Waals surface area contributed by atoms with E-state index in [-0.39, 0.29) is 17.4 Å². The molecule has 1 atom stereocenters. The quantitative estimate of drug-likeness (QED) is 0.837. The second-order valence-corrected chi connectivity index (χ2v) is 6.98. The number of nitrogens with zero attached hydrogens (tertiary/aromatic N) is 1. The van der Waals surface area contributed by atoms with Gasteiger partial charge in [-0.2, -0.15) is 17.0 Å². The topological polar surface area (TPSA) is 70.0 Å². The smallest absolute Gasteiger partial charge is 0.208 e. The average molecular weight is 298 g/mol. The van der Waals surface area contributed by atoms with Crippen molar-refractivity contribution in [1.82, 2.24) is 4.72 Å². The maximum atomic E-state index is 12.1. The van der Waals surface area contributed by atoms with Crippen molar-refractivity contribution < 1.29 is 8.42 Å². The lowest BCUT2D eigenvalue weighted by atomic mass is 10.2. The van der Waals surface area contributed by atoms with Crippen LogP contribution >= 0.6 is 11.8 Å². The molecule has 0 aromatic heterocycles. The molecule has 6 heteroatoms. The van der Waals surface area contributed by atoms with Gasteiger partial charge in [-0.05, 0) is 43.0 Å². The van der Waals surface area contributed by atoms with E-state index in [4.69, 9.17) is 5.26 Å². The summed E-state index contributed by atoms with van der Waals surface area (Å²) >= 11 is 1.69. The maximum absolute atomic E-state index is 12.1. The number of sulfonamides is 1. The van der Waals surface area contributed by atoms with E-state index in [2.05, 4.69) is 4.72 Å². The van der Waals surface area contributed by atoms with E-state index in [1.807, 2.05) is 19.2 Å².